The Kier molecular flexibility index (Phi) is 11.1. The van der Waals surface area contributed by atoms with Gasteiger partial charge in [-0.15, -0.1) is 0 Å². The van der Waals surface area contributed by atoms with Gasteiger partial charge >= 0.3 is 6.16 Å². The topological polar surface area (TPSA) is 91.1 Å². The van der Waals surface area contributed by atoms with Crippen molar-refractivity contribution in [3.63, 3.8) is 0 Å². The van der Waals surface area contributed by atoms with Gasteiger partial charge in [-0.3, -0.25) is 10.1 Å². The highest BCUT2D eigenvalue weighted by Gasteiger charge is 2.10. The standard InChI is InChI=1S/C18H26N2O6S2/c21-18(26-17-6-4-16(5-7-17)20(22)23)25-13-15-28-27-14-12-24-11-10-19-8-2-1-3-9-19/h4-7H,1-3,8-15H2. The van der Waals surface area contributed by atoms with Gasteiger partial charge in [0.1, 0.15) is 12.4 Å². The molecule has 1 aromatic rings. The molecule has 0 bridgehead atoms. The third kappa shape index (κ3) is 9.63. The predicted molar refractivity (Wildman–Crippen MR) is 111 cm³/mol. The molecular formula is C18H26N2O6S2. The highest BCUT2D eigenvalue weighted by Crippen LogP contribution is 2.21. The Morgan fingerprint density at radius 2 is 1.71 bits per heavy atom. The summed E-state index contributed by atoms with van der Waals surface area (Å²) in [6, 6.07) is 5.25. The maximum Gasteiger partial charge on any atom is 0.513 e. The third-order valence-corrected chi connectivity index (χ3v) is 6.36. The van der Waals surface area contributed by atoms with Crippen molar-refractivity contribution in [2.45, 2.75) is 19.3 Å². The molecule has 28 heavy (non-hydrogen) atoms. The molecule has 0 unspecified atom stereocenters. The van der Waals surface area contributed by atoms with Gasteiger partial charge in [-0.2, -0.15) is 0 Å². The average molecular weight is 431 g/mol. The molecule has 2 rings (SSSR count). The van der Waals surface area contributed by atoms with E-state index >= 15 is 0 Å². The van der Waals surface area contributed by atoms with E-state index in [-0.39, 0.29) is 18.0 Å². The fourth-order valence-electron chi connectivity index (χ4n) is 2.61. The number of hydrogen-bond acceptors (Lipinski definition) is 9. The number of nitro benzene ring substituents is 1. The number of nitrogens with zero attached hydrogens (tertiary/aromatic N) is 2. The molecule has 1 fully saturated rings. The Hall–Kier alpha value is -1.49. The minimum absolute atomic E-state index is 0.0652. The predicted octanol–water partition coefficient (Wildman–Crippen LogP) is 3.99. The summed E-state index contributed by atoms with van der Waals surface area (Å²) >= 11 is 0. The van der Waals surface area contributed by atoms with Gasteiger partial charge < -0.3 is 19.1 Å². The molecular weight excluding hydrogens is 404 g/mol. The van der Waals surface area contributed by atoms with Crippen molar-refractivity contribution in [1.29, 1.82) is 0 Å². The smallest absolute Gasteiger partial charge is 0.433 e. The second-order valence-electron chi connectivity index (χ2n) is 6.11. The monoisotopic (exact) mass is 430 g/mol. The van der Waals surface area contributed by atoms with Crippen LogP contribution in [0.15, 0.2) is 24.3 Å². The number of hydrogen-bond donors (Lipinski definition) is 0. The molecule has 1 aromatic carbocycles. The first-order valence-electron chi connectivity index (χ1n) is 9.29. The summed E-state index contributed by atoms with van der Waals surface area (Å²) in [5.74, 6) is 1.74. The SMILES string of the molecule is O=C(OCCSSCCOCCN1CCCCC1)Oc1ccc([N+](=O)[O-])cc1. The molecule has 0 atom stereocenters. The molecule has 1 aliphatic heterocycles. The van der Waals surface area contributed by atoms with Crippen LogP contribution in [0.2, 0.25) is 0 Å². The normalized spacial score (nSPS) is 14.6. The van der Waals surface area contributed by atoms with Crippen LogP contribution in [0.3, 0.4) is 0 Å². The molecule has 156 valence electrons. The Balaban J connectivity index is 1.40. The van der Waals surface area contributed by atoms with Crippen LogP contribution < -0.4 is 4.74 Å². The van der Waals surface area contributed by atoms with Crippen LogP contribution in [0, 0.1) is 10.1 Å². The van der Waals surface area contributed by atoms with E-state index in [9.17, 15) is 14.9 Å². The number of rotatable bonds is 12. The second-order valence-corrected chi connectivity index (χ2v) is 8.81. The van der Waals surface area contributed by atoms with Crippen LogP contribution in [0.4, 0.5) is 10.5 Å². The lowest BCUT2D eigenvalue weighted by atomic mass is 10.1. The molecule has 0 radical (unpaired) electrons. The molecule has 1 aliphatic rings. The number of nitro groups is 1. The van der Waals surface area contributed by atoms with Gasteiger partial charge in [0.15, 0.2) is 0 Å². The molecule has 1 heterocycles. The van der Waals surface area contributed by atoms with Crippen molar-refractivity contribution < 1.29 is 23.9 Å². The van der Waals surface area contributed by atoms with Gasteiger partial charge in [-0.25, -0.2) is 4.79 Å². The first kappa shape index (κ1) is 22.8. The van der Waals surface area contributed by atoms with Crippen LogP contribution in [0.5, 0.6) is 5.75 Å². The molecule has 0 saturated carbocycles. The van der Waals surface area contributed by atoms with E-state index in [1.165, 1.54) is 56.6 Å². The Bertz CT molecular complexity index is 596. The molecule has 1 saturated heterocycles. The zero-order chi connectivity index (χ0) is 20.0. The van der Waals surface area contributed by atoms with Crippen molar-refractivity contribution in [2.24, 2.45) is 0 Å². The summed E-state index contributed by atoms with van der Waals surface area (Å²) in [6.45, 7) is 5.14. The highest BCUT2D eigenvalue weighted by atomic mass is 33.1. The second kappa shape index (κ2) is 13.6. The Morgan fingerprint density at radius 1 is 1.04 bits per heavy atom. The largest absolute Gasteiger partial charge is 0.513 e. The van der Waals surface area contributed by atoms with E-state index in [0.717, 1.165) is 18.9 Å². The summed E-state index contributed by atoms with van der Waals surface area (Å²) < 4.78 is 15.6. The van der Waals surface area contributed by atoms with Crippen LogP contribution in [-0.2, 0) is 9.47 Å². The quantitative estimate of drug-likeness (QED) is 0.122. The van der Waals surface area contributed by atoms with E-state index in [0.29, 0.717) is 12.4 Å². The number of piperidine rings is 1. The number of carbonyl (C=O) groups is 1. The van der Waals surface area contributed by atoms with Crippen molar-refractivity contribution in [1.82, 2.24) is 4.90 Å². The number of benzene rings is 1. The van der Waals surface area contributed by atoms with E-state index in [1.807, 2.05) is 0 Å². The van der Waals surface area contributed by atoms with Gasteiger partial charge in [-0.1, -0.05) is 28.0 Å². The van der Waals surface area contributed by atoms with Crippen LogP contribution in [0.25, 0.3) is 0 Å². The summed E-state index contributed by atoms with van der Waals surface area (Å²) in [7, 11) is 3.29. The summed E-state index contributed by atoms with van der Waals surface area (Å²) in [4.78, 5) is 24.1. The van der Waals surface area contributed by atoms with Crippen molar-refractivity contribution in [3.8, 4) is 5.75 Å². The number of carbonyl (C=O) groups excluding carboxylic acids is 1. The Labute approximate surface area is 172 Å². The van der Waals surface area contributed by atoms with Gasteiger partial charge in [0.2, 0.25) is 0 Å². The molecule has 0 aromatic heterocycles. The molecule has 0 amide bonds. The number of non-ortho nitro benzene ring substituents is 1. The van der Waals surface area contributed by atoms with Gasteiger partial charge in [0.25, 0.3) is 5.69 Å². The zero-order valence-electron chi connectivity index (χ0n) is 15.7. The fraction of sp³-hybridized carbons (Fsp3) is 0.611. The molecule has 0 aliphatic carbocycles. The average Bonchev–Trinajstić information content (AvgIpc) is 2.70. The minimum atomic E-state index is -0.819. The molecule has 0 spiro atoms. The lowest BCUT2D eigenvalue weighted by molar-refractivity contribution is -0.384. The van der Waals surface area contributed by atoms with E-state index in [4.69, 9.17) is 14.2 Å². The fourth-order valence-corrected chi connectivity index (χ4v) is 4.30. The maximum absolute atomic E-state index is 11.6. The molecule has 10 heteroatoms. The lowest BCUT2D eigenvalue weighted by Crippen LogP contribution is -2.32. The molecule has 0 N–H and O–H groups in total. The minimum Gasteiger partial charge on any atom is -0.433 e. The summed E-state index contributed by atoms with van der Waals surface area (Å²) in [6.07, 6.45) is 3.14. The van der Waals surface area contributed by atoms with Crippen LogP contribution >= 0.6 is 21.6 Å². The third-order valence-electron chi connectivity index (χ3n) is 4.03. The Morgan fingerprint density at radius 3 is 2.39 bits per heavy atom. The van der Waals surface area contributed by atoms with Crippen LogP contribution in [0.1, 0.15) is 19.3 Å². The highest BCUT2D eigenvalue weighted by molar-refractivity contribution is 8.76. The van der Waals surface area contributed by atoms with Gasteiger partial charge in [0.05, 0.1) is 18.1 Å². The number of ether oxygens (including phenoxy) is 3. The van der Waals surface area contributed by atoms with Crippen molar-refractivity contribution in [3.05, 3.63) is 34.4 Å². The first-order valence-corrected chi connectivity index (χ1v) is 11.8. The van der Waals surface area contributed by atoms with E-state index in [1.54, 1.807) is 21.6 Å². The first-order chi connectivity index (χ1) is 13.6. The zero-order valence-corrected chi connectivity index (χ0v) is 17.4. The lowest BCUT2D eigenvalue weighted by Gasteiger charge is -2.26. The maximum atomic E-state index is 11.6. The number of likely N-dealkylation sites (tertiary alicyclic amines) is 1. The van der Waals surface area contributed by atoms with Crippen molar-refractivity contribution in [2.75, 3.05) is 51.0 Å². The van der Waals surface area contributed by atoms with Crippen molar-refractivity contribution >= 4 is 33.4 Å². The summed E-state index contributed by atoms with van der Waals surface area (Å²) in [5.41, 5.74) is -0.0652. The van der Waals surface area contributed by atoms with E-state index < -0.39 is 11.1 Å². The van der Waals surface area contributed by atoms with Crippen LogP contribution in [-0.4, -0.2) is 66.9 Å². The van der Waals surface area contributed by atoms with E-state index in [2.05, 4.69) is 4.90 Å². The summed E-state index contributed by atoms with van der Waals surface area (Å²) in [5, 5.41) is 10.6. The molecule has 8 nitrogen and oxygen atoms in total. The van der Waals surface area contributed by atoms with Gasteiger partial charge in [-0.05, 0) is 38.1 Å². The van der Waals surface area contributed by atoms with Gasteiger partial charge in [0, 0.05) is 30.2 Å².